The fourth-order valence-corrected chi connectivity index (χ4v) is 4.36. The Kier molecular flexibility index (Phi) is 7.37. The van der Waals surface area contributed by atoms with Gasteiger partial charge in [-0.25, -0.2) is 8.42 Å². The number of hydrogen-bond acceptors (Lipinski definition) is 5. The second-order valence-corrected chi connectivity index (χ2v) is 8.92. The van der Waals surface area contributed by atoms with E-state index in [4.69, 9.17) is 9.47 Å². The Labute approximate surface area is 188 Å². The van der Waals surface area contributed by atoms with Gasteiger partial charge in [0.15, 0.2) is 0 Å². The highest BCUT2D eigenvalue weighted by atomic mass is 32.2. The molecule has 32 heavy (non-hydrogen) atoms. The predicted molar refractivity (Wildman–Crippen MR) is 126 cm³/mol. The first-order chi connectivity index (χ1) is 15.3. The van der Waals surface area contributed by atoms with Crippen molar-refractivity contribution in [1.29, 1.82) is 0 Å². The molecule has 0 bridgehead atoms. The van der Waals surface area contributed by atoms with Gasteiger partial charge in [0.25, 0.3) is 0 Å². The van der Waals surface area contributed by atoms with Crippen LogP contribution in [0.3, 0.4) is 0 Å². The third kappa shape index (κ3) is 5.79. The average Bonchev–Trinajstić information content (AvgIpc) is 2.76. The van der Waals surface area contributed by atoms with E-state index in [1.165, 1.54) is 6.92 Å². The Morgan fingerprint density at radius 2 is 1.53 bits per heavy atom. The summed E-state index contributed by atoms with van der Waals surface area (Å²) < 4.78 is 37.5. The standard InChI is InChI=1S/C24H26N2O5S/c1-4-30-23-13-9-8-12-22(23)25-24(27)18(2)26(32(3,28)29)19-14-16-21(17-15-19)31-20-10-6-5-7-11-20/h5-18H,4H2,1-3H3,(H,25,27)/t18-/m1/s1. The van der Waals surface area contributed by atoms with Gasteiger partial charge in [0.1, 0.15) is 23.3 Å². The van der Waals surface area contributed by atoms with Gasteiger partial charge < -0.3 is 14.8 Å². The number of nitrogens with one attached hydrogen (secondary N) is 1. The number of hydrogen-bond donors (Lipinski definition) is 1. The van der Waals surface area contributed by atoms with Crippen LogP contribution in [0.2, 0.25) is 0 Å². The summed E-state index contributed by atoms with van der Waals surface area (Å²) in [6, 6.07) is 21.8. The number of para-hydroxylation sites is 3. The maximum atomic E-state index is 12.9. The van der Waals surface area contributed by atoms with Gasteiger partial charge in [-0.1, -0.05) is 30.3 Å². The van der Waals surface area contributed by atoms with Crippen LogP contribution in [0.4, 0.5) is 11.4 Å². The Hall–Kier alpha value is -3.52. The van der Waals surface area contributed by atoms with Crippen molar-refractivity contribution < 1.29 is 22.7 Å². The van der Waals surface area contributed by atoms with E-state index in [9.17, 15) is 13.2 Å². The van der Waals surface area contributed by atoms with Crippen molar-refractivity contribution in [1.82, 2.24) is 0 Å². The van der Waals surface area contributed by atoms with Crippen LogP contribution >= 0.6 is 0 Å². The molecule has 8 heteroatoms. The van der Waals surface area contributed by atoms with E-state index in [1.54, 1.807) is 48.5 Å². The van der Waals surface area contributed by atoms with E-state index in [2.05, 4.69) is 5.32 Å². The lowest BCUT2D eigenvalue weighted by atomic mass is 10.2. The molecule has 3 rings (SSSR count). The monoisotopic (exact) mass is 454 g/mol. The molecular formula is C24H26N2O5S. The number of nitrogens with zero attached hydrogens (tertiary/aromatic N) is 1. The molecule has 0 saturated carbocycles. The number of ether oxygens (including phenoxy) is 2. The Balaban J connectivity index is 1.81. The summed E-state index contributed by atoms with van der Waals surface area (Å²) in [5.41, 5.74) is 0.833. The predicted octanol–water partition coefficient (Wildman–Crippen LogP) is 4.67. The van der Waals surface area contributed by atoms with Crippen LogP contribution in [0, 0.1) is 0 Å². The van der Waals surface area contributed by atoms with Crippen LogP contribution < -0.4 is 19.1 Å². The molecule has 1 amide bonds. The maximum Gasteiger partial charge on any atom is 0.248 e. The van der Waals surface area contributed by atoms with E-state index in [-0.39, 0.29) is 0 Å². The van der Waals surface area contributed by atoms with Gasteiger partial charge in [0, 0.05) is 0 Å². The van der Waals surface area contributed by atoms with Gasteiger partial charge in [0.05, 0.1) is 24.2 Å². The van der Waals surface area contributed by atoms with Crippen molar-refractivity contribution in [3.8, 4) is 17.2 Å². The van der Waals surface area contributed by atoms with Crippen molar-refractivity contribution >= 4 is 27.3 Å². The Morgan fingerprint density at radius 1 is 0.938 bits per heavy atom. The molecule has 1 atom stereocenters. The van der Waals surface area contributed by atoms with Crippen molar-refractivity contribution in [3.05, 3.63) is 78.9 Å². The van der Waals surface area contributed by atoms with Gasteiger partial charge in [-0.3, -0.25) is 9.10 Å². The minimum absolute atomic E-state index is 0.355. The zero-order valence-corrected chi connectivity index (χ0v) is 19.0. The van der Waals surface area contributed by atoms with E-state index in [0.717, 1.165) is 10.6 Å². The van der Waals surface area contributed by atoms with Crippen molar-refractivity contribution in [2.75, 3.05) is 22.5 Å². The summed E-state index contributed by atoms with van der Waals surface area (Å²) in [5, 5.41) is 2.77. The molecule has 3 aromatic carbocycles. The van der Waals surface area contributed by atoms with E-state index in [0.29, 0.717) is 35.2 Å². The minimum Gasteiger partial charge on any atom is -0.492 e. The second kappa shape index (κ2) is 10.2. The first-order valence-corrected chi connectivity index (χ1v) is 12.0. The second-order valence-electron chi connectivity index (χ2n) is 7.06. The van der Waals surface area contributed by atoms with Crippen LogP contribution in [-0.4, -0.2) is 33.2 Å². The maximum absolute atomic E-state index is 12.9. The molecule has 0 aliphatic rings. The quantitative estimate of drug-likeness (QED) is 0.508. The first kappa shape index (κ1) is 23.1. The number of anilines is 2. The van der Waals surface area contributed by atoms with Crippen LogP contribution in [-0.2, 0) is 14.8 Å². The van der Waals surface area contributed by atoms with Crippen molar-refractivity contribution in [2.24, 2.45) is 0 Å². The Morgan fingerprint density at radius 3 is 2.16 bits per heavy atom. The average molecular weight is 455 g/mol. The van der Waals surface area contributed by atoms with Crippen LogP contribution in [0.5, 0.6) is 17.2 Å². The molecule has 1 N–H and O–H groups in total. The fourth-order valence-electron chi connectivity index (χ4n) is 3.18. The van der Waals surface area contributed by atoms with Crippen LogP contribution in [0.1, 0.15) is 13.8 Å². The highest BCUT2D eigenvalue weighted by Crippen LogP contribution is 2.28. The summed E-state index contributed by atoms with van der Waals surface area (Å²) in [6.45, 7) is 3.82. The molecule has 0 fully saturated rings. The van der Waals surface area contributed by atoms with Crippen molar-refractivity contribution in [3.63, 3.8) is 0 Å². The zero-order valence-electron chi connectivity index (χ0n) is 18.2. The SMILES string of the molecule is CCOc1ccccc1NC(=O)[C@@H](C)N(c1ccc(Oc2ccccc2)cc1)S(C)(=O)=O. The molecule has 0 unspecified atom stereocenters. The molecule has 7 nitrogen and oxygen atoms in total. The van der Waals surface area contributed by atoms with E-state index < -0.39 is 22.0 Å². The molecule has 0 aliphatic heterocycles. The largest absolute Gasteiger partial charge is 0.492 e. The highest BCUT2D eigenvalue weighted by molar-refractivity contribution is 7.92. The lowest BCUT2D eigenvalue weighted by Gasteiger charge is -2.28. The molecule has 0 aromatic heterocycles. The molecule has 0 aliphatic carbocycles. The lowest BCUT2D eigenvalue weighted by molar-refractivity contribution is -0.116. The van der Waals surface area contributed by atoms with Gasteiger partial charge in [-0.15, -0.1) is 0 Å². The third-order valence-corrected chi connectivity index (χ3v) is 5.85. The first-order valence-electron chi connectivity index (χ1n) is 10.1. The molecule has 3 aromatic rings. The lowest BCUT2D eigenvalue weighted by Crippen LogP contribution is -2.45. The van der Waals surface area contributed by atoms with Crippen molar-refractivity contribution in [2.45, 2.75) is 19.9 Å². The number of amides is 1. The van der Waals surface area contributed by atoms with Gasteiger partial charge in [-0.05, 0) is 62.4 Å². The molecule has 0 radical (unpaired) electrons. The fraction of sp³-hybridized carbons (Fsp3) is 0.208. The summed E-state index contributed by atoms with van der Waals surface area (Å²) in [5.74, 6) is 1.26. The molecule has 168 valence electrons. The van der Waals surface area contributed by atoms with Gasteiger partial charge in [0.2, 0.25) is 15.9 Å². The number of sulfonamides is 1. The van der Waals surface area contributed by atoms with Crippen LogP contribution in [0.15, 0.2) is 78.9 Å². The van der Waals surface area contributed by atoms with E-state index >= 15 is 0 Å². The number of carbonyl (C=O) groups excluding carboxylic acids is 1. The summed E-state index contributed by atoms with van der Waals surface area (Å²) in [6.07, 6.45) is 1.07. The normalized spacial score (nSPS) is 12.0. The molecule has 0 spiro atoms. The molecular weight excluding hydrogens is 428 g/mol. The van der Waals surface area contributed by atoms with Gasteiger partial charge >= 0.3 is 0 Å². The summed E-state index contributed by atoms with van der Waals surface area (Å²) in [7, 11) is -3.75. The summed E-state index contributed by atoms with van der Waals surface area (Å²) >= 11 is 0. The highest BCUT2D eigenvalue weighted by Gasteiger charge is 2.29. The molecule has 0 heterocycles. The summed E-state index contributed by atoms with van der Waals surface area (Å²) in [4.78, 5) is 12.9. The number of carbonyl (C=O) groups is 1. The Bertz CT molecular complexity index is 1150. The van der Waals surface area contributed by atoms with Gasteiger partial charge in [-0.2, -0.15) is 0 Å². The van der Waals surface area contributed by atoms with E-state index in [1.807, 2.05) is 37.3 Å². The topological polar surface area (TPSA) is 84.9 Å². The number of rotatable bonds is 9. The molecule has 0 saturated heterocycles. The zero-order chi connectivity index (χ0) is 23.1. The smallest absolute Gasteiger partial charge is 0.248 e. The third-order valence-electron chi connectivity index (χ3n) is 4.60. The van der Waals surface area contributed by atoms with Crippen LogP contribution in [0.25, 0.3) is 0 Å². The minimum atomic E-state index is -3.75. The number of benzene rings is 3.